The molecular weight excluding hydrogens is 687 g/mol. The molecule has 2 aliphatic carbocycles. The van der Waals surface area contributed by atoms with Crippen LogP contribution in [0, 0.1) is 0 Å². The Morgan fingerprint density at radius 1 is 0.918 bits per heavy atom. The number of halogens is 2. The molecule has 270 valence electrons. The first-order valence-electron chi connectivity index (χ1n) is 15.6. The average Bonchev–Trinajstić information content (AvgIpc) is 3.01. The maximum Gasteiger partial charge on any atom is 0.202 e. The highest BCUT2D eigenvalue weighted by atomic mass is 35.5. The Kier molecular flexibility index (Phi) is 11.4. The maximum atomic E-state index is 13.8. The number of aromatic hydroxyl groups is 2. The van der Waals surface area contributed by atoms with E-state index >= 15 is 0 Å². The Bertz CT molecular complexity index is 1620. The molecule has 2 aliphatic heterocycles. The van der Waals surface area contributed by atoms with Crippen molar-refractivity contribution in [3.05, 3.63) is 51.6 Å². The first-order valence-corrected chi connectivity index (χ1v) is 15.6. The molecule has 0 saturated carbocycles. The van der Waals surface area contributed by atoms with Crippen molar-refractivity contribution in [3.63, 3.8) is 0 Å². The van der Waals surface area contributed by atoms with Crippen LogP contribution in [-0.4, -0.2) is 99.6 Å². The number of aliphatic hydroxyl groups is 2. The fourth-order valence-corrected chi connectivity index (χ4v) is 7.21. The van der Waals surface area contributed by atoms with Crippen molar-refractivity contribution < 1.29 is 58.5 Å². The van der Waals surface area contributed by atoms with Gasteiger partial charge in [0.1, 0.15) is 29.0 Å². The first-order chi connectivity index (χ1) is 22.2. The van der Waals surface area contributed by atoms with E-state index in [0.717, 1.165) is 0 Å². The van der Waals surface area contributed by atoms with Crippen LogP contribution in [-0.2, 0) is 30.2 Å². The molecule has 0 radical (unpaired) electrons. The van der Waals surface area contributed by atoms with Crippen LogP contribution in [0.25, 0.3) is 0 Å². The van der Waals surface area contributed by atoms with Crippen LogP contribution in [0.5, 0.6) is 17.2 Å². The van der Waals surface area contributed by atoms with Crippen LogP contribution < -0.4 is 16.2 Å². The van der Waals surface area contributed by atoms with Gasteiger partial charge in [0.25, 0.3) is 0 Å². The van der Waals surface area contributed by atoms with E-state index in [4.69, 9.17) is 35.2 Å². The fourth-order valence-electron chi connectivity index (χ4n) is 7.21. The first kappa shape index (κ1) is 38.9. The Morgan fingerprint density at radius 2 is 1.53 bits per heavy atom. The van der Waals surface area contributed by atoms with Crippen molar-refractivity contribution in [1.82, 2.24) is 0 Å². The minimum atomic E-state index is -2.04. The molecule has 49 heavy (non-hydrogen) atoms. The summed E-state index contributed by atoms with van der Waals surface area (Å²) in [7, 11) is 1.34. The molecular formula is C33H42Cl2N2O12. The zero-order valence-electron chi connectivity index (χ0n) is 27.3. The van der Waals surface area contributed by atoms with Crippen LogP contribution in [0.15, 0.2) is 18.2 Å². The highest BCUT2D eigenvalue weighted by molar-refractivity contribution is 6.31. The van der Waals surface area contributed by atoms with E-state index in [1.54, 1.807) is 13.8 Å². The molecule has 8 N–H and O–H groups in total. The number of rotatable bonds is 6. The lowest BCUT2D eigenvalue weighted by atomic mass is 9.72. The highest BCUT2D eigenvalue weighted by Crippen LogP contribution is 2.52. The smallest absolute Gasteiger partial charge is 0.202 e. The Morgan fingerprint density at radius 3 is 2.14 bits per heavy atom. The summed E-state index contributed by atoms with van der Waals surface area (Å²) in [6.45, 7) is 4.60. The Labute approximate surface area is 294 Å². The minimum Gasteiger partial charge on any atom is -0.507 e. The standard InChI is InChI=1S/C33H40N2O12.2ClH/c1-12-27(37)17(34)8-22(44-12)47-32-13(2)45-21(9-18(32)35)46-20-11-33(42,14(3)36)10-16-24(20)31(41)26-25(29(16)39)28(38)15-6-5-7-19(43-4)23(15)30(26)40;;/h5-7,12-13,17-18,20-22,27,32,37,39,41-42H,8-11,34-35H2,1-4H3;2*1H/t12-,13-,17-,18-,20-,21-,22-,27+,32+,33-;;/m0../s1. The van der Waals surface area contributed by atoms with E-state index in [0.29, 0.717) is 0 Å². The molecule has 2 saturated heterocycles. The van der Waals surface area contributed by atoms with E-state index in [2.05, 4.69) is 0 Å². The number of phenolic OH excluding ortho intramolecular Hbond substituents is 2. The van der Waals surface area contributed by atoms with E-state index in [-0.39, 0.29) is 72.1 Å². The number of phenols is 2. The number of methoxy groups -OCH3 is 1. The molecule has 2 fully saturated rings. The molecule has 2 heterocycles. The summed E-state index contributed by atoms with van der Waals surface area (Å²) >= 11 is 0. The second-order valence-corrected chi connectivity index (χ2v) is 12.9. The number of hydrogen-bond acceptors (Lipinski definition) is 14. The summed E-state index contributed by atoms with van der Waals surface area (Å²) in [5.74, 6) is -3.24. The molecule has 0 unspecified atom stereocenters. The topological polar surface area (TPSA) is 230 Å². The lowest BCUT2D eigenvalue weighted by molar-refractivity contribution is -0.294. The van der Waals surface area contributed by atoms with Gasteiger partial charge in [-0.2, -0.15) is 0 Å². The third kappa shape index (κ3) is 6.55. The Balaban J connectivity index is 0.00000270. The molecule has 0 aromatic heterocycles. The van der Waals surface area contributed by atoms with Gasteiger partial charge in [-0.25, -0.2) is 0 Å². The third-order valence-electron chi connectivity index (χ3n) is 9.82. The van der Waals surface area contributed by atoms with Gasteiger partial charge in [0.05, 0.1) is 48.2 Å². The van der Waals surface area contributed by atoms with E-state index < -0.39 is 107 Å². The molecule has 0 amide bonds. The van der Waals surface area contributed by atoms with Gasteiger partial charge in [0.2, 0.25) is 5.78 Å². The number of ether oxygens (including phenoxy) is 5. The van der Waals surface area contributed by atoms with Crippen molar-refractivity contribution in [2.45, 2.75) is 107 Å². The van der Waals surface area contributed by atoms with Crippen molar-refractivity contribution >= 4 is 42.2 Å². The molecule has 6 rings (SSSR count). The normalized spacial score (nSPS) is 33.7. The minimum absolute atomic E-state index is 0. The highest BCUT2D eigenvalue weighted by Gasteiger charge is 2.50. The summed E-state index contributed by atoms with van der Waals surface area (Å²) in [6.07, 6.45) is -6.16. The number of carbonyl (C=O) groups excluding carboxylic acids is 3. The predicted molar refractivity (Wildman–Crippen MR) is 177 cm³/mol. The molecule has 16 heteroatoms. The average molecular weight is 730 g/mol. The van der Waals surface area contributed by atoms with Gasteiger partial charge in [0, 0.05) is 54.5 Å². The lowest BCUT2D eigenvalue weighted by Crippen LogP contribution is -2.57. The molecule has 4 aliphatic rings. The summed E-state index contributed by atoms with van der Waals surface area (Å²) in [5, 5.41) is 44.7. The van der Waals surface area contributed by atoms with Crippen molar-refractivity contribution in [3.8, 4) is 17.2 Å². The predicted octanol–water partition coefficient (Wildman–Crippen LogP) is 1.72. The number of carbonyl (C=O) groups is 3. The van der Waals surface area contributed by atoms with Crippen LogP contribution in [0.2, 0.25) is 0 Å². The number of fused-ring (bicyclic) bond motifs is 3. The molecule has 14 nitrogen and oxygen atoms in total. The zero-order chi connectivity index (χ0) is 34.1. The maximum absolute atomic E-state index is 13.8. The van der Waals surface area contributed by atoms with Gasteiger partial charge in [-0.3, -0.25) is 14.4 Å². The second-order valence-electron chi connectivity index (χ2n) is 12.9. The van der Waals surface area contributed by atoms with Crippen LogP contribution in [0.3, 0.4) is 0 Å². The van der Waals surface area contributed by atoms with Gasteiger partial charge < -0.3 is 55.6 Å². The van der Waals surface area contributed by atoms with Gasteiger partial charge in [-0.15, -0.1) is 24.8 Å². The molecule has 10 atom stereocenters. The third-order valence-corrected chi connectivity index (χ3v) is 9.82. The van der Waals surface area contributed by atoms with Crippen LogP contribution in [0.4, 0.5) is 0 Å². The fraction of sp³-hybridized carbons (Fsp3) is 0.545. The van der Waals surface area contributed by atoms with E-state index in [1.807, 2.05) is 0 Å². The molecule has 0 bridgehead atoms. The molecule has 2 aromatic carbocycles. The number of Topliss-reactive ketones (excluding diaryl/α,β-unsaturated/α-hetero) is 1. The number of nitrogens with two attached hydrogens (primary N) is 2. The molecule has 2 aromatic rings. The van der Waals surface area contributed by atoms with Crippen molar-refractivity contribution in [1.29, 1.82) is 0 Å². The van der Waals surface area contributed by atoms with Crippen molar-refractivity contribution in [2.24, 2.45) is 11.5 Å². The van der Waals surface area contributed by atoms with Crippen LogP contribution >= 0.6 is 24.8 Å². The van der Waals surface area contributed by atoms with Crippen LogP contribution in [0.1, 0.15) is 89.1 Å². The van der Waals surface area contributed by atoms with Gasteiger partial charge in [-0.1, -0.05) is 12.1 Å². The summed E-state index contributed by atoms with van der Waals surface area (Å²) in [5.41, 5.74) is 9.42. The van der Waals surface area contributed by atoms with E-state index in [9.17, 15) is 34.8 Å². The van der Waals surface area contributed by atoms with Crippen molar-refractivity contribution in [2.75, 3.05) is 7.11 Å². The molecule has 0 spiro atoms. The van der Waals surface area contributed by atoms with Gasteiger partial charge in [-0.05, 0) is 26.8 Å². The summed E-state index contributed by atoms with van der Waals surface area (Å²) in [6, 6.07) is 3.25. The Hall–Kier alpha value is -2.89. The number of benzene rings is 2. The monoisotopic (exact) mass is 728 g/mol. The quantitative estimate of drug-likeness (QED) is 0.199. The number of hydrogen-bond donors (Lipinski definition) is 6. The number of ketones is 3. The van der Waals surface area contributed by atoms with Gasteiger partial charge >= 0.3 is 0 Å². The second kappa shape index (κ2) is 14.4. The summed E-state index contributed by atoms with van der Waals surface area (Å²) in [4.78, 5) is 40.2. The largest absolute Gasteiger partial charge is 0.507 e. The lowest BCUT2D eigenvalue weighted by Gasteiger charge is -2.44. The van der Waals surface area contributed by atoms with E-state index in [1.165, 1.54) is 32.2 Å². The zero-order valence-corrected chi connectivity index (χ0v) is 28.9. The SMILES string of the molecule is COc1cccc2c1C(=O)c1c(O)c3c(c(O)c1C2=O)C[C@@](O)(C(C)=O)C[C@@H]3O[C@H]1C[C@H](N)[C@H](O[C@H]2C[C@H](N)[C@H](O)[C@H](C)O2)[C@H](C)O1.Cl.Cl. The summed E-state index contributed by atoms with van der Waals surface area (Å²) < 4.78 is 29.6. The number of aliphatic hydroxyl groups excluding tert-OH is 1. The van der Waals surface area contributed by atoms with Gasteiger partial charge in [0.15, 0.2) is 24.1 Å².